The van der Waals surface area contributed by atoms with Crippen LogP contribution >= 0.6 is 0 Å². The first-order valence-electron chi connectivity index (χ1n) is 10.6. The average Bonchev–Trinajstić information content (AvgIpc) is 3.35. The molecule has 0 aliphatic carbocycles. The molecule has 2 atom stereocenters. The van der Waals surface area contributed by atoms with Crippen molar-refractivity contribution in [3.05, 3.63) is 5.82 Å². The molecule has 0 spiro atoms. The van der Waals surface area contributed by atoms with Gasteiger partial charge in [0, 0.05) is 38.9 Å². The summed E-state index contributed by atoms with van der Waals surface area (Å²) in [6, 6.07) is -1.17. The molecule has 1 aromatic rings. The summed E-state index contributed by atoms with van der Waals surface area (Å²) in [6.45, 7) is 8.04. The second kappa shape index (κ2) is 10.9. The fourth-order valence-electron chi connectivity index (χ4n) is 3.33. The lowest BCUT2D eigenvalue weighted by Crippen LogP contribution is -2.48. The third-order valence-corrected chi connectivity index (χ3v) is 5.05. The molecule has 0 saturated heterocycles. The lowest BCUT2D eigenvalue weighted by molar-refractivity contribution is -0.145. The molecule has 11 heteroatoms. The van der Waals surface area contributed by atoms with Gasteiger partial charge in [0.25, 0.3) is 11.8 Å². The maximum absolute atomic E-state index is 14.9. The maximum Gasteiger partial charge on any atom is 0.258 e. The highest BCUT2D eigenvalue weighted by Gasteiger charge is 2.43. The van der Waals surface area contributed by atoms with Gasteiger partial charge >= 0.3 is 0 Å². The monoisotopic (exact) mass is 434 g/mol. The van der Waals surface area contributed by atoms with E-state index in [2.05, 4.69) is 37.0 Å². The normalized spacial score (nSPS) is 15.9. The summed E-state index contributed by atoms with van der Waals surface area (Å²) in [7, 11) is 0. The zero-order valence-electron chi connectivity index (χ0n) is 18.6. The Morgan fingerprint density at radius 3 is 2.55 bits per heavy atom. The molecule has 31 heavy (non-hydrogen) atoms. The van der Waals surface area contributed by atoms with Crippen molar-refractivity contribution in [3.8, 4) is 12.3 Å². The summed E-state index contributed by atoms with van der Waals surface area (Å²) in [5, 5.41) is 22.4. The summed E-state index contributed by atoms with van der Waals surface area (Å²) in [5.74, 6) is 1.46. The van der Waals surface area contributed by atoms with E-state index in [0.29, 0.717) is 32.4 Å². The Morgan fingerprint density at radius 1 is 1.29 bits per heavy atom. The number of hydrogen-bond donors (Lipinski definition) is 1. The van der Waals surface area contributed by atoms with Crippen LogP contribution in [-0.4, -0.2) is 61.8 Å². The highest BCUT2D eigenvalue weighted by molar-refractivity contribution is 5.89. The van der Waals surface area contributed by atoms with Crippen molar-refractivity contribution in [1.82, 2.24) is 30.4 Å². The summed E-state index contributed by atoms with van der Waals surface area (Å²) >= 11 is 0. The number of tetrazole rings is 1. The zero-order valence-corrected chi connectivity index (χ0v) is 18.6. The molecule has 0 aromatic carbocycles. The molecular formula is C20H31FN8O2. The third-order valence-electron chi connectivity index (χ3n) is 5.05. The lowest BCUT2D eigenvalue weighted by Gasteiger charge is -2.32. The first-order valence-corrected chi connectivity index (χ1v) is 10.6. The van der Waals surface area contributed by atoms with Crippen LogP contribution in [0.25, 0.3) is 0 Å². The Morgan fingerprint density at radius 2 is 2.00 bits per heavy atom. The van der Waals surface area contributed by atoms with E-state index in [9.17, 15) is 14.0 Å². The number of hydrogen-bond acceptors (Lipinski definition) is 7. The second-order valence-corrected chi connectivity index (χ2v) is 7.92. The fourth-order valence-corrected chi connectivity index (χ4v) is 3.33. The van der Waals surface area contributed by atoms with Crippen LogP contribution < -0.4 is 5.32 Å². The van der Waals surface area contributed by atoms with Gasteiger partial charge in [0.15, 0.2) is 23.7 Å². The van der Waals surface area contributed by atoms with Gasteiger partial charge in [0.2, 0.25) is 0 Å². The van der Waals surface area contributed by atoms with Crippen LogP contribution in [0.1, 0.15) is 65.2 Å². The van der Waals surface area contributed by atoms with E-state index in [1.807, 2.05) is 20.8 Å². The van der Waals surface area contributed by atoms with E-state index < -0.39 is 29.7 Å². The van der Waals surface area contributed by atoms with E-state index in [4.69, 9.17) is 6.42 Å². The number of halogens is 1. The summed E-state index contributed by atoms with van der Waals surface area (Å²) < 4.78 is 16.3. The third kappa shape index (κ3) is 6.29. The van der Waals surface area contributed by atoms with Gasteiger partial charge < -0.3 is 10.2 Å². The van der Waals surface area contributed by atoms with Crippen molar-refractivity contribution < 1.29 is 14.0 Å². The van der Waals surface area contributed by atoms with Gasteiger partial charge in [-0.15, -0.1) is 17.4 Å². The summed E-state index contributed by atoms with van der Waals surface area (Å²) in [4.78, 5) is 27.4. The number of terminal acetylenes is 1. The van der Waals surface area contributed by atoms with E-state index in [-0.39, 0.29) is 24.7 Å². The molecule has 170 valence electrons. The van der Waals surface area contributed by atoms with Crippen LogP contribution in [0.3, 0.4) is 0 Å². The standard InChI is InChI=1S/C20H31FN8O2/c1-6-9-10-20(24-25-20)11-12-28(19(31)15(21)13-14(4)5)16(18(30)22-7-2)17-23-26-27-29(17)8-3/h1,14-16H,7-13H2,2-5H3,(H,22,30). The lowest BCUT2D eigenvalue weighted by atomic mass is 10.0. The van der Waals surface area contributed by atoms with Crippen LogP contribution in [0.15, 0.2) is 10.2 Å². The molecule has 1 aliphatic rings. The Kier molecular flexibility index (Phi) is 8.59. The minimum absolute atomic E-state index is 0.0277. The molecule has 1 N–H and O–H groups in total. The van der Waals surface area contributed by atoms with Gasteiger partial charge in [-0.3, -0.25) is 9.59 Å². The summed E-state index contributed by atoms with van der Waals surface area (Å²) in [5.41, 5.74) is -0.683. The number of alkyl halides is 1. The average molecular weight is 435 g/mol. The predicted molar refractivity (Wildman–Crippen MR) is 111 cm³/mol. The number of carbonyl (C=O) groups is 2. The van der Waals surface area contributed by atoms with Crippen LogP contribution in [0.2, 0.25) is 0 Å². The maximum atomic E-state index is 14.9. The molecule has 0 saturated carbocycles. The number of amides is 2. The quantitative estimate of drug-likeness (QED) is 0.477. The molecule has 0 radical (unpaired) electrons. The second-order valence-electron chi connectivity index (χ2n) is 7.92. The molecular weight excluding hydrogens is 403 g/mol. The van der Waals surface area contributed by atoms with Crippen molar-refractivity contribution >= 4 is 11.8 Å². The van der Waals surface area contributed by atoms with Gasteiger partial charge in [0.1, 0.15) is 0 Å². The van der Waals surface area contributed by atoms with Crippen molar-refractivity contribution in [2.24, 2.45) is 16.1 Å². The SMILES string of the molecule is C#CCCC1(CCN(C(=O)C(F)CC(C)C)C(C(=O)NCC)c2nnnn2CC)N=N1. The first kappa shape index (κ1) is 24.4. The molecule has 0 fully saturated rings. The van der Waals surface area contributed by atoms with Crippen LogP contribution in [0.5, 0.6) is 0 Å². The highest BCUT2D eigenvalue weighted by atomic mass is 19.1. The number of rotatable bonds is 13. The Labute approximate surface area is 182 Å². The highest BCUT2D eigenvalue weighted by Crippen LogP contribution is 2.37. The number of aryl methyl sites for hydroxylation is 1. The largest absolute Gasteiger partial charge is 0.354 e. The molecule has 1 aromatic heterocycles. The van der Waals surface area contributed by atoms with Gasteiger partial charge in [-0.25, -0.2) is 9.07 Å². The molecule has 10 nitrogen and oxygen atoms in total. The Bertz CT molecular complexity index is 825. The molecule has 2 rings (SSSR count). The fraction of sp³-hybridized carbons (Fsp3) is 0.750. The minimum Gasteiger partial charge on any atom is -0.354 e. The smallest absolute Gasteiger partial charge is 0.258 e. The summed E-state index contributed by atoms with van der Waals surface area (Å²) in [6.07, 6.45) is 4.99. The number of likely N-dealkylation sites (N-methyl/N-ethyl adjacent to an activating group) is 1. The number of aromatic nitrogens is 4. The molecule has 2 unspecified atom stereocenters. The minimum atomic E-state index is -1.75. The molecule has 2 amide bonds. The topological polar surface area (TPSA) is 118 Å². The van der Waals surface area contributed by atoms with E-state index in [1.54, 1.807) is 6.92 Å². The van der Waals surface area contributed by atoms with Crippen LogP contribution in [0, 0.1) is 18.3 Å². The number of nitrogens with zero attached hydrogens (tertiary/aromatic N) is 7. The van der Waals surface area contributed by atoms with E-state index >= 15 is 0 Å². The number of carbonyl (C=O) groups excluding carboxylic acids is 2. The zero-order chi connectivity index (χ0) is 23.0. The first-order chi connectivity index (χ1) is 14.8. The molecule has 0 bridgehead atoms. The van der Waals surface area contributed by atoms with Crippen molar-refractivity contribution in [1.29, 1.82) is 0 Å². The van der Waals surface area contributed by atoms with Gasteiger partial charge in [-0.2, -0.15) is 10.2 Å². The van der Waals surface area contributed by atoms with Gasteiger partial charge in [-0.05, 0) is 36.6 Å². The van der Waals surface area contributed by atoms with Gasteiger partial charge in [-0.1, -0.05) is 13.8 Å². The van der Waals surface area contributed by atoms with E-state index in [1.165, 1.54) is 9.58 Å². The van der Waals surface area contributed by atoms with Crippen molar-refractivity contribution in [2.75, 3.05) is 13.1 Å². The molecule has 2 heterocycles. The van der Waals surface area contributed by atoms with E-state index in [0.717, 1.165) is 0 Å². The Balaban J connectivity index is 2.37. The number of nitrogens with one attached hydrogen (secondary N) is 1. The van der Waals surface area contributed by atoms with Crippen molar-refractivity contribution in [2.45, 2.75) is 77.8 Å². The van der Waals surface area contributed by atoms with Crippen LogP contribution in [0.4, 0.5) is 4.39 Å². The van der Waals surface area contributed by atoms with Crippen LogP contribution in [-0.2, 0) is 16.1 Å². The molecule has 1 aliphatic heterocycles. The predicted octanol–water partition coefficient (Wildman–Crippen LogP) is 2.05. The van der Waals surface area contributed by atoms with Crippen molar-refractivity contribution in [3.63, 3.8) is 0 Å². The Hall–Kier alpha value is -2.90. The van der Waals surface area contributed by atoms with Gasteiger partial charge in [0.05, 0.1) is 0 Å².